The monoisotopic (exact) mass is 287 g/mol. The number of carbonyl (C=O) groups is 1. The number of carbonyl (C=O) groups excluding carboxylic acids is 1. The van der Waals surface area contributed by atoms with Crippen molar-refractivity contribution in [2.24, 2.45) is 0 Å². The van der Waals surface area contributed by atoms with Crippen LogP contribution < -0.4 is 0 Å². The molecular weight excluding hydrogens is 274 g/mol. The number of rotatable bonds is 2. The fourth-order valence-electron chi connectivity index (χ4n) is 2.94. The van der Waals surface area contributed by atoms with Gasteiger partial charge in [-0.2, -0.15) is 0 Å². The molecular formula is C18H13N3O. The lowest BCUT2D eigenvalue weighted by atomic mass is 9.88. The molecule has 106 valence electrons. The second kappa shape index (κ2) is 4.77. The van der Waals surface area contributed by atoms with E-state index in [2.05, 4.69) is 9.97 Å². The Bertz CT molecular complexity index is 809. The van der Waals surface area contributed by atoms with Gasteiger partial charge in [-0.25, -0.2) is 0 Å². The predicted molar refractivity (Wildman–Crippen MR) is 83.3 cm³/mol. The summed E-state index contributed by atoms with van der Waals surface area (Å²) in [5, 5.41) is 0. The highest BCUT2D eigenvalue weighted by Crippen LogP contribution is 2.43. The van der Waals surface area contributed by atoms with Gasteiger partial charge in [0.15, 0.2) is 11.3 Å². The summed E-state index contributed by atoms with van der Waals surface area (Å²) in [5.41, 5.74) is 1.37. The van der Waals surface area contributed by atoms with Crippen LogP contribution >= 0.6 is 0 Å². The lowest BCUT2D eigenvalue weighted by Crippen LogP contribution is -2.43. The third kappa shape index (κ3) is 1.67. The molecule has 1 unspecified atom stereocenters. The number of ketones is 1. The van der Waals surface area contributed by atoms with Crippen LogP contribution in [0, 0.1) is 0 Å². The van der Waals surface area contributed by atoms with Gasteiger partial charge >= 0.3 is 0 Å². The smallest absolute Gasteiger partial charge is 0.193 e. The van der Waals surface area contributed by atoms with Crippen LogP contribution in [0.1, 0.15) is 11.4 Å². The van der Waals surface area contributed by atoms with Crippen molar-refractivity contribution in [3.05, 3.63) is 90.7 Å². The summed E-state index contributed by atoms with van der Waals surface area (Å²) in [6.45, 7) is 0. The van der Waals surface area contributed by atoms with Crippen molar-refractivity contribution in [3.63, 3.8) is 0 Å². The average Bonchev–Trinajstić information content (AvgIpc) is 2.91. The maximum Gasteiger partial charge on any atom is 0.193 e. The highest BCUT2D eigenvalue weighted by Gasteiger charge is 2.49. The summed E-state index contributed by atoms with van der Waals surface area (Å²) >= 11 is 0. The third-order valence-electron chi connectivity index (χ3n) is 3.95. The second-order valence-electron chi connectivity index (χ2n) is 5.16. The van der Waals surface area contributed by atoms with Gasteiger partial charge in [0.25, 0.3) is 0 Å². The van der Waals surface area contributed by atoms with Gasteiger partial charge in [-0.15, -0.1) is 0 Å². The molecule has 0 fully saturated rings. The first kappa shape index (κ1) is 12.7. The van der Waals surface area contributed by atoms with E-state index in [9.17, 15) is 4.79 Å². The molecule has 0 amide bonds. The Labute approximate surface area is 128 Å². The predicted octanol–water partition coefficient (Wildman–Crippen LogP) is 2.68. The quantitative estimate of drug-likeness (QED) is 0.852. The van der Waals surface area contributed by atoms with Gasteiger partial charge in [-0.05, 0) is 36.4 Å². The molecule has 4 nitrogen and oxygen atoms in total. The maximum atomic E-state index is 12.8. The van der Waals surface area contributed by atoms with Crippen LogP contribution in [0.4, 0.5) is 0 Å². The first-order chi connectivity index (χ1) is 10.8. The third-order valence-corrected chi connectivity index (χ3v) is 3.95. The molecule has 4 heterocycles. The van der Waals surface area contributed by atoms with Gasteiger partial charge in [0.2, 0.25) is 0 Å². The molecule has 22 heavy (non-hydrogen) atoms. The van der Waals surface area contributed by atoms with Crippen molar-refractivity contribution in [2.75, 3.05) is 0 Å². The van der Waals surface area contributed by atoms with Crippen LogP contribution in [0.3, 0.4) is 0 Å². The minimum atomic E-state index is -0.900. The van der Waals surface area contributed by atoms with E-state index in [1.807, 2.05) is 65.7 Å². The van der Waals surface area contributed by atoms with Crippen LogP contribution in [0.15, 0.2) is 79.3 Å². The van der Waals surface area contributed by atoms with Crippen molar-refractivity contribution in [2.45, 2.75) is 5.54 Å². The molecule has 4 heteroatoms. The van der Waals surface area contributed by atoms with Crippen molar-refractivity contribution in [1.29, 1.82) is 0 Å². The zero-order chi connectivity index (χ0) is 15.0. The van der Waals surface area contributed by atoms with E-state index in [0.717, 1.165) is 11.4 Å². The normalized spacial score (nSPS) is 22.6. The zero-order valence-electron chi connectivity index (χ0n) is 11.8. The molecule has 0 saturated carbocycles. The Morgan fingerprint density at radius 3 is 2.50 bits per heavy atom. The van der Waals surface area contributed by atoms with E-state index in [1.165, 1.54) is 0 Å². The standard InChI is InChI=1S/C18H13N3O/c22-17-13-15(14-7-1-4-10-19-14)21-12-6-3-9-18(17,21)16-8-2-5-11-20-16/h1-13H. The van der Waals surface area contributed by atoms with E-state index < -0.39 is 5.54 Å². The Morgan fingerprint density at radius 1 is 0.955 bits per heavy atom. The minimum absolute atomic E-state index is 0.00699. The van der Waals surface area contributed by atoms with E-state index in [4.69, 9.17) is 0 Å². The average molecular weight is 287 g/mol. The lowest BCUT2D eigenvalue weighted by molar-refractivity contribution is -0.120. The molecule has 0 aliphatic carbocycles. The van der Waals surface area contributed by atoms with Gasteiger partial charge in [-0.1, -0.05) is 18.2 Å². The number of hydrogen-bond donors (Lipinski definition) is 0. The fraction of sp³-hybridized carbons (Fsp3) is 0.0556. The van der Waals surface area contributed by atoms with Crippen LogP contribution in [-0.4, -0.2) is 20.7 Å². The van der Waals surface area contributed by atoms with Crippen molar-refractivity contribution < 1.29 is 4.79 Å². The minimum Gasteiger partial charge on any atom is -0.324 e. The first-order valence-corrected chi connectivity index (χ1v) is 7.07. The summed E-state index contributed by atoms with van der Waals surface area (Å²) in [4.78, 5) is 23.6. The molecule has 4 rings (SSSR count). The van der Waals surface area contributed by atoms with Crippen molar-refractivity contribution in [1.82, 2.24) is 14.9 Å². The molecule has 2 aliphatic rings. The molecule has 0 radical (unpaired) electrons. The molecule has 2 aromatic heterocycles. The number of pyridine rings is 2. The first-order valence-electron chi connectivity index (χ1n) is 7.07. The van der Waals surface area contributed by atoms with Crippen molar-refractivity contribution in [3.8, 4) is 0 Å². The number of nitrogens with zero attached hydrogens (tertiary/aromatic N) is 3. The largest absolute Gasteiger partial charge is 0.324 e. The van der Waals surface area contributed by atoms with E-state index >= 15 is 0 Å². The number of fused-ring (bicyclic) bond motifs is 1. The highest BCUT2D eigenvalue weighted by atomic mass is 16.1. The van der Waals surface area contributed by atoms with E-state index in [1.54, 1.807) is 18.5 Å². The summed E-state index contributed by atoms with van der Waals surface area (Å²) in [6, 6.07) is 11.3. The number of aromatic nitrogens is 2. The van der Waals surface area contributed by atoms with E-state index in [0.29, 0.717) is 5.69 Å². The Hall–Kier alpha value is -3.01. The highest BCUT2D eigenvalue weighted by molar-refractivity contribution is 6.09. The van der Waals surface area contributed by atoms with Gasteiger partial charge in [0, 0.05) is 24.7 Å². The van der Waals surface area contributed by atoms with E-state index in [-0.39, 0.29) is 5.78 Å². The molecule has 0 saturated heterocycles. The van der Waals surface area contributed by atoms with Crippen LogP contribution in [0.2, 0.25) is 0 Å². The Balaban J connectivity index is 1.89. The van der Waals surface area contributed by atoms with Gasteiger partial charge < -0.3 is 4.90 Å². The molecule has 2 aliphatic heterocycles. The SMILES string of the molecule is O=C1C=C(c2ccccn2)N2C=CC=CC12c1ccccn1. The fourth-order valence-corrected chi connectivity index (χ4v) is 2.94. The Morgan fingerprint density at radius 2 is 1.77 bits per heavy atom. The Kier molecular flexibility index (Phi) is 2.76. The topological polar surface area (TPSA) is 46.1 Å². The molecule has 2 aromatic rings. The van der Waals surface area contributed by atoms with Gasteiger partial charge in [0.05, 0.1) is 17.1 Å². The lowest BCUT2D eigenvalue weighted by Gasteiger charge is -2.36. The molecule has 0 aromatic carbocycles. The van der Waals surface area contributed by atoms with Crippen LogP contribution in [0.25, 0.3) is 5.70 Å². The summed E-state index contributed by atoms with van der Waals surface area (Å²) in [6.07, 6.45) is 12.7. The number of hydrogen-bond acceptors (Lipinski definition) is 4. The summed E-state index contributed by atoms with van der Waals surface area (Å²) in [7, 11) is 0. The molecule has 0 N–H and O–H groups in total. The summed E-state index contributed by atoms with van der Waals surface area (Å²) in [5.74, 6) is -0.00699. The summed E-state index contributed by atoms with van der Waals surface area (Å²) < 4.78 is 0. The van der Waals surface area contributed by atoms with Gasteiger partial charge in [-0.3, -0.25) is 14.8 Å². The van der Waals surface area contributed by atoms with Gasteiger partial charge in [0.1, 0.15) is 0 Å². The number of allylic oxidation sites excluding steroid dienone is 2. The molecule has 0 bridgehead atoms. The second-order valence-corrected chi connectivity index (χ2v) is 5.16. The maximum absolute atomic E-state index is 12.8. The zero-order valence-corrected chi connectivity index (χ0v) is 11.8. The molecule has 0 spiro atoms. The van der Waals surface area contributed by atoms with Crippen molar-refractivity contribution >= 4 is 11.5 Å². The van der Waals surface area contributed by atoms with Crippen LogP contribution in [-0.2, 0) is 10.3 Å². The molecule has 1 atom stereocenters. The van der Waals surface area contributed by atoms with Crippen LogP contribution in [0.5, 0.6) is 0 Å².